The van der Waals surface area contributed by atoms with Crippen molar-refractivity contribution in [2.24, 2.45) is 11.1 Å². The molecule has 1 atom stereocenters. The van der Waals surface area contributed by atoms with Crippen LogP contribution in [0.2, 0.25) is 5.02 Å². The molecule has 1 aromatic heterocycles. The summed E-state index contributed by atoms with van der Waals surface area (Å²) in [6.07, 6.45) is 0.939. The molecule has 110 valence electrons. The molecule has 2 N–H and O–H groups in total. The van der Waals surface area contributed by atoms with Crippen LogP contribution in [-0.4, -0.2) is 35.4 Å². The highest BCUT2D eigenvalue weighted by molar-refractivity contribution is 6.31. The van der Waals surface area contributed by atoms with Gasteiger partial charge in [-0.1, -0.05) is 30.7 Å². The topological polar surface area (TPSA) is 59.2 Å². The van der Waals surface area contributed by atoms with Crippen LogP contribution in [0.25, 0.3) is 10.9 Å². The normalized spacial score (nSPS) is 22.0. The first-order valence-corrected chi connectivity index (χ1v) is 7.44. The van der Waals surface area contributed by atoms with Gasteiger partial charge in [0.15, 0.2) is 0 Å². The minimum absolute atomic E-state index is 0.0236. The van der Waals surface area contributed by atoms with E-state index in [1.165, 1.54) is 0 Å². The molecule has 2 aromatic rings. The number of pyridine rings is 1. The molecule has 1 aliphatic rings. The minimum atomic E-state index is -0.0333. The molecule has 3 rings (SSSR count). The largest absolute Gasteiger partial charge is 0.337 e. The summed E-state index contributed by atoms with van der Waals surface area (Å²) in [7, 11) is 0. The van der Waals surface area contributed by atoms with E-state index in [1.807, 2.05) is 23.1 Å². The van der Waals surface area contributed by atoms with Crippen molar-refractivity contribution in [1.29, 1.82) is 0 Å². The molecular formula is C16H18ClN3O. The van der Waals surface area contributed by atoms with Crippen molar-refractivity contribution in [3.63, 3.8) is 0 Å². The van der Waals surface area contributed by atoms with Crippen LogP contribution in [0.3, 0.4) is 0 Å². The third kappa shape index (κ3) is 2.74. The number of aromatic nitrogens is 1. The smallest absolute Gasteiger partial charge is 0.272 e. The number of hydrogen-bond acceptors (Lipinski definition) is 3. The number of carbonyl (C=O) groups is 1. The van der Waals surface area contributed by atoms with Gasteiger partial charge in [0.25, 0.3) is 5.91 Å². The van der Waals surface area contributed by atoms with Gasteiger partial charge in [0, 0.05) is 23.5 Å². The Labute approximate surface area is 128 Å². The van der Waals surface area contributed by atoms with Crippen molar-refractivity contribution in [2.75, 3.05) is 19.6 Å². The number of fused-ring (bicyclic) bond motifs is 1. The lowest BCUT2D eigenvalue weighted by Crippen LogP contribution is -2.34. The number of rotatable bonds is 2. The average molecular weight is 304 g/mol. The molecule has 1 aromatic carbocycles. The molecule has 1 amide bonds. The van der Waals surface area contributed by atoms with E-state index in [2.05, 4.69) is 11.9 Å². The van der Waals surface area contributed by atoms with E-state index < -0.39 is 0 Å². The predicted molar refractivity (Wildman–Crippen MR) is 84.4 cm³/mol. The Bertz CT molecular complexity index is 703. The molecule has 0 spiro atoms. The van der Waals surface area contributed by atoms with E-state index in [1.54, 1.807) is 12.1 Å². The highest BCUT2D eigenvalue weighted by Gasteiger charge is 2.35. The van der Waals surface area contributed by atoms with Gasteiger partial charge in [-0.25, -0.2) is 4.98 Å². The Morgan fingerprint density at radius 2 is 2.19 bits per heavy atom. The lowest BCUT2D eigenvalue weighted by molar-refractivity contribution is 0.0771. The number of nitrogens with two attached hydrogens (primary N) is 1. The van der Waals surface area contributed by atoms with E-state index in [4.69, 9.17) is 17.3 Å². The summed E-state index contributed by atoms with van der Waals surface area (Å²) in [6.45, 7) is 4.14. The third-order valence-corrected chi connectivity index (χ3v) is 4.45. The molecule has 4 nitrogen and oxygen atoms in total. The Balaban J connectivity index is 1.88. The van der Waals surface area contributed by atoms with Crippen molar-refractivity contribution < 1.29 is 4.79 Å². The van der Waals surface area contributed by atoms with Gasteiger partial charge in [0.2, 0.25) is 0 Å². The van der Waals surface area contributed by atoms with Gasteiger partial charge in [-0.05, 0) is 36.6 Å². The number of halogens is 1. The minimum Gasteiger partial charge on any atom is -0.337 e. The number of likely N-dealkylation sites (tertiary alicyclic amines) is 1. The Kier molecular flexibility index (Phi) is 3.59. The van der Waals surface area contributed by atoms with Crippen LogP contribution in [0, 0.1) is 5.41 Å². The van der Waals surface area contributed by atoms with Crippen molar-refractivity contribution in [2.45, 2.75) is 13.3 Å². The lowest BCUT2D eigenvalue weighted by atomic mass is 9.90. The third-order valence-electron chi connectivity index (χ3n) is 4.21. The van der Waals surface area contributed by atoms with Crippen molar-refractivity contribution in [3.05, 3.63) is 41.0 Å². The first-order chi connectivity index (χ1) is 10.0. The van der Waals surface area contributed by atoms with Crippen molar-refractivity contribution in [3.8, 4) is 0 Å². The van der Waals surface area contributed by atoms with E-state index >= 15 is 0 Å². The summed E-state index contributed by atoms with van der Waals surface area (Å²) in [4.78, 5) is 18.9. The Morgan fingerprint density at radius 1 is 1.43 bits per heavy atom. The summed E-state index contributed by atoms with van der Waals surface area (Å²) in [5.74, 6) is -0.0333. The quantitative estimate of drug-likeness (QED) is 0.928. The molecule has 0 saturated carbocycles. The van der Waals surface area contributed by atoms with Gasteiger partial charge >= 0.3 is 0 Å². The number of amides is 1. The molecule has 0 radical (unpaired) electrons. The molecule has 1 fully saturated rings. The molecule has 1 unspecified atom stereocenters. The van der Waals surface area contributed by atoms with E-state index in [9.17, 15) is 4.79 Å². The summed E-state index contributed by atoms with van der Waals surface area (Å²) in [5, 5.41) is 1.60. The fraction of sp³-hybridized carbons (Fsp3) is 0.375. The van der Waals surface area contributed by atoms with Crippen LogP contribution in [0.15, 0.2) is 30.3 Å². The maximum absolute atomic E-state index is 12.6. The molecule has 1 saturated heterocycles. The van der Waals surface area contributed by atoms with Crippen molar-refractivity contribution >= 4 is 28.4 Å². The Hall–Kier alpha value is -1.65. The number of nitrogens with zero attached hydrogens (tertiary/aromatic N) is 2. The molecular weight excluding hydrogens is 286 g/mol. The number of benzene rings is 1. The summed E-state index contributed by atoms with van der Waals surface area (Å²) in [6, 6.07) is 9.18. The van der Waals surface area contributed by atoms with Crippen LogP contribution in [-0.2, 0) is 0 Å². The van der Waals surface area contributed by atoms with Gasteiger partial charge in [-0.2, -0.15) is 0 Å². The van der Waals surface area contributed by atoms with Crippen LogP contribution >= 0.6 is 11.6 Å². The fourth-order valence-corrected chi connectivity index (χ4v) is 2.90. The fourth-order valence-electron chi connectivity index (χ4n) is 2.74. The van der Waals surface area contributed by atoms with Gasteiger partial charge in [-0.15, -0.1) is 0 Å². The van der Waals surface area contributed by atoms with Gasteiger partial charge in [-0.3, -0.25) is 4.79 Å². The summed E-state index contributed by atoms with van der Waals surface area (Å²) in [5.41, 5.74) is 7.02. The maximum atomic E-state index is 12.6. The average Bonchev–Trinajstić information content (AvgIpc) is 2.89. The molecule has 1 aliphatic heterocycles. The van der Waals surface area contributed by atoms with Gasteiger partial charge < -0.3 is 10.6 Å². The van der Waals surface area contributed by atoms with E-state index in [-0.39, 0.29) is 11.3 Å². The van der Waals surface area contributed by atoms with Gasteiger partial charge in [0.1, 0.15) is 5.69 Å². The Morgan fingerprint density at radius 3 is 2.90 bits per heavy atom. The maximum Gasteiger partial charge on any atom is 0.272 e. The standard InChI is InChI=1S/C16H18ClN3O/c1-16(9-18)6-7-20(10-16)15(21)13-5-3-11-2-4-12(17)8-14(11)19-13/h2-5,8H,6-7,9-10,18H2,1H3. The zero-order valence-electron chi connectivity index (χ0n) is 12.0. The molecule has 5 heteroatoms. The van der Waals surface area contributed by atoms with Crippen LogP contribution in [0.4, 0.5) is 0 Å². The second-order valence-corrected chi connectivity index (χ2v) is 6.46. The molecule has 21 heavy (non-hydrogen) atoms. The van der Waals surface area contributed by atoms with E-state index in [0.717, 1.165) is 23.9 Å². The monoisotopic (exact) mass is 303 g/mol. The number of hydrogen-bond donors (Lipinski definition) is 1. The highest BCUT2D eigenvalue weighted by atomic mass is 35.5. The summed E-state index contributed by atoms with van der Waals surface area (Å²) < 4.78 is 0. The van der Waals surface area contributed by atoms with Crippen LogP contribution in [0.5, 0.6) is 0 Å². The zero-order chi connectivity index (χ0) is 15.0. The summed E-state index contributed by atoms with van der Waals surface area (Å²) >= 11 is 5.98. The van der Waals surface area contributed by atoms with Crippen LogP contribution < -0.4 is 5.73 Å². The van der Waals surface area contributed by atoms with Crippen LogP contribution in [0.1, 0.15) is 23.8 Å². The zero-order valence-corrected chi connectivity index (χ0v) is 12.7. The first kappa shape index (κ1) is 14.3. The SMILES string of the molecule is CC1(CN)CCN(C(=O)c2ccc3ccc(Cl)cc3n2)C1. The second-order valence-electron chi connectivity index (χ2n) is 6.03. The molecule has 0 aliphatic carbocycles. The second kappa shape index (κ2) is 5.28. The first-order valence-electron chi connectivity index (χ1n) is 7.06. The number of carbonyl (C=O) groups excluding carboxylic acids is 1. The molecule has 0 bridgehead atoms. The highest BCUT2D eigenvalue weighted by Crippen LogP contribution is 2.29. The predicted octanol–water partition coefficient (Wildman–Crippen LogP) is 2.70. The lowest BCUT2D eigenvalue weighted by Gasteiger charge is -2.22. The van der Waals surface area contributed by atoms with Crippen molar-refractivity contribution in [1.82, 2.24) is 9.88 Å². The van der Waals surface area contributed by atoms with E-state index in [0.29, 0.717) is 23.8 Å². The molecule has 2 heterocycles. The van der Waals surface area contributed by atoms with Gasteiger partial charge in [0.05, 0.1) is 5.52 Å².